The van der Waals surface area contributed by atoms with E-state index in [4.69, 9.17) is 0 Å². The van der Waals surface area contributed by atoms with Crippen molar-refractivity contribution in [2.24, 2.45) is 5.92 Å². The van der Waals surface area contributed by atoms with Crippen molar-refractivity contribution < 1.29 is 4.92 Å². The molecule has 4 heteroatoms. The van der Waals surface area contributed by atoms with Crippen molar-refractivity contribution in [2.75, 3.05) is 11.4 Å². The number of non-ortho nitro benzene ring substituents is 1. The lowest BCUT2D eigenvalue weighted by Crippen LogP contribution is -2.31. The van der Waals surface area contributed by atoms with Crippen molar-refractivity contribution in [3.05, 3.63) is 34.4 Å². The molecular weight excluding hydrogens is 204 g/mol. The summed E-state index contributed by atoms with van der Waals surface area (Å²) in [6.07, 6.45) is 3.94. The normalized spacial score (nSPS) is 27.4. The van der Waals surface area contributed by atoms with Gasteiger partial charge in [-0.3, -0.25) is 10.1 Å². The van der Waals surface area contributed by atoms with Gasteiger partial charge < -0.3 is 4.90 Å². The smallest absolute Gasteiger partial charge is 0.269 e. The minimum absolute atomic E-state index is 0.174. The van der Waals surface area contributed by atoms with Gasteiger partial charge in [-0.1, -0.05) is 0 Å². The van der Waals surface area contributed by atoms with Gasteiger partial charge >= 0.3 is 0 Å². The minimum Gasteiger partial charge on any atom is -0.368 e. The molecule has 1 aromatic carbocycles. The summed E-state index contributed by atoms with van der Waals surface area (Å²) in [5.74, 6) is 0.847. The van der Waals surface area contributed by atoms with Gasteiger partial charge in [-0.2, -0.15) is 0 Å². The Morgan fingerprint density at radius 3 is 2.50 bits per heavy atom. The highest BCUT2D eigenvalue weighted by atomic mass is 16.6. The van der Waals surface area contributed by atoms with Gasteiger partial charge in [0.2, 0.25) is 0 Å². The Morgan fingerprint density at radius 1 is 1.25 bits per heavy atom. The van der Waals surface area contributed by atoms with Gasteiger partial charge in [-0.15, -0.1) is 0 Å². The van der Waals surface area contributed by atoms with Crippen molar-refractivity contribution in [1.82, 2.24) is 0 Å². The Morgan fingerprint density at radius 2 is 2.00 bits per heavy atom. The number of hydrogen-bond acceptors (Lipinski definition) is 3. The molecule has 2 aliphatic rings. The van der Waals surface area contributed by atoms with E-state index in [0.29, 0.717) is 6.04 Å². The van der Waals surface area contributed by atoms with Crippen LogP contribution in [0.2, 0.25) is 0 Å². The lowest BCUT2D eigenvalue weighted by molar-refractivity contribution is -0.384. The molecule has 4 nitrogen and oxygen atoms in total. The first-order chi connectivity index (χ1) is 7.74. The Kier molecular flexibility index (Phi) is 2.09. The van der Waals surface area contributed by atoms with Crippen LogP contribution in [0.25, 0.3) is 0 Å². The van der Waals surface area contributed by atoms with Crippen LogP contribution in [0.1, 0.15) is 19.3 Å². The second kappa shape index (κ2) is 3.47. The molecule has 1 aliphatic heterocycles. The molecule has 1 aromatic rings. The largest absolute Gasteiger partial charge is 0.368 e. The van der Waals surface area contributed by atoms with Gasteiger partial charge in [0.15, 0.2) is 0 Å². The molecule has 2 bridgehead atoms. The number of nitro benzene ring substituents is 1. The quantitative estimate of drug-likeness (QED) is 0.566. The number of rotatable bonds is 2. The third kappa shape index (κ3) is 1.45. The number of benzene rings is 1. The first kappa shape index (κ1) is 9.63. The molecule has 0 radical (unpaired) electrons. The molecule has 84 valence electrons. The van der Waals surface area contributed by atoms with Crippen molar-refractivity contribution >= 4 is 11.4 Å². The third-order valence-corrected chi connectivity index (χ3v) is 3.80. The molecule has 1 saturated carbocycles. The Hall–Kier alpha value is -1.58. The second-order valence-corrected chi connectivity index (χ2v) is 4.76. The summed E-state index contributed by atoms with van der Waals surface area (Å²) >= 11 is 0. The molecule has 1 saturated heterocycles. The SMILES string of the molecule is O=[N+]([O-])c1ccc(N2C[C@H]3CC[C@@H]2C3)cc1. The van der Waals surface area contributed by atoms with E-state index in [9.17, 15) is 10.1 Å². The number of nitrogens with zero attached hydrogens (tertiary/aromatic N) is 2. The van der Waals surface area contributed by atoms with Crippen molar-refractivity contribution in [3.8, 4) is 0 Å². The zero-order valence-electron chi connectivity index (χ0n) is 9.00. The number of hydrogen-bond donors (Lipinski definition) is 0. The highest BCUT2D eigenvalue weighted by Crippen LogP contribution is 2.40. The number of fused-ring (bicyclic) bond motifs is 2. The molecule has 2 atom stereocenters. The van der Waals surface area contributed by atoms with Gasteiger partial charge in [-0.25, -0.2) is 0 Å². The molecule has 0 unspecified atom stereocenters. The summed E-state index contributed by atoms with van der Waals surface area (Å²) in [5.41, 5.74) is 1.31. The molecule has 0 N–H and O–H groups in total. The number of piperidine rings is 1. The molecule has 0 amide bonds. The molecule has 3 rings (SSSR count). The van der Waals surface area contributed by atoms with Crippen LogP contribution in [-0.4, -0.2) is 17.5 Å². The van der Waals surface area contributed by atoms with Gasteiger partial charge in [0, 0.05) is 30.4 Å². The summed E-state index contributed by atoms with van der Waals surface area (Å²) in [6, 6.07) is 7.62. The third-order valence-electron chi connectivity index (χ3n) is 3.80. The van der Waals surface area contributed by atoms with E-state index in [2.05, 4.69) is 4.90 Å². The van der Waals surface area contributed by atoms with E-state index in [1.165, 1.54) is 19.3 Å². The summed E-state index contributed by atoms with van der Waals surface area (Å²) < 4.78 is 0. The van der Waals surface area contributed by atoms with Crippen LogP contribution in [-0.2, 0) is 0 Å². The predicted octanol–water partition coefficient (Wildman–Crippen LogP) is 2.58. The lowest BCUT2D eigenvalue weighted by atomic mass is 10.1. The molecule has 2 fully saturated rings. The van der Waals surface area contributed by atoms with E-state index in [0.717, 1.165) is 18.2 Å². The molecule has 1 heterocycles. The van der Waals surface area contributed by atoms with Gasteiger partial charge in [-0.05, 0) is 37.3 Å². The monoisotopic (exact) mass is 218 g/mol. The lowest BCUT2D eigenvalue weighted by Gasteiger charge is -2.28. The highest BCUT2D eigenvalue weighted by Gasteiger charge is 2.37. The summed E-state index contributed by atoms with van der Waals surface area (Å²) in [4.78, 5) is 12.6. The summed E-state index contributed by atoms with van der Waals surface area (Å²) in [5, 5.41) is 10.6. The maximum absolute atomic E-state index is 10.6. The average molecular weight is 218 g/mol. The molecule has 16 heavy (non-hydrogen) atoms. The molecule has 0 spiro atoms. The van der Waals surface area contributed by atoms with Crippen LogP contribution in [0.15, 0.2) is 24.3 Å². The van der Waals surface area contributed by atoms with Crippen LogP contribution in [0, 0.1) is 16.0 Å². The van der Waals surface area contributed by atoms with E-state index >= 15 is 0 Å². The van der Waals surface area contributed by atoms with Crippen LogP contribution in [0.5, 0.6) is 0 Å². The first-order valence-electron chi connectivity index (χ1n) is 5.75. The summed E-state index contributed by atoms with van der Waals surface area (Å²) in [6.45, 7) is 1.13. The van der Waals surface area contributed by atoms with Crippen LogP contribution in [0.4, 0.5) is 11.4 Å². The van der Waals surface area contributed by atoms with E-state index in [1.54, 1.807) is 12.1 Å². The molecule has 0 aromatic heterocycles. The topological polar surface area (TPSA) is 46.4 Å². The Labute approximate surface area is 94.0 Å². The van der Waals surface area contributed by atoms with Gasteiger partial charge in [0.25, 0.3) is 5.69 Å². The van der Waals surface area contributed by atoms with E-state index in [-0.39, 0.29) is 10.6 Å². The van der Waals surface area contributed by atoms with Crippen molar-refractivity contribution in [1.29, 1.82) is 0 Å². The predicted molar refractivity (Wildman–Crippen MR) is 61.6 cm³/mol. The van der Waals surface area contributed by atoms with Crippen LogP contribution in [0.3, 0.4) is 0 Å². The highest BCUT2D eigenvalue weighted by molar-refractivity contribution is 5.53. The standard InChI is InChI=1S/C12H14N2O2/c15-14(16)11-5-3-10(4-6-11)13-8-9-1-2-12(13)7-9/h3-6,9,12H,1-2,7-8H2/t9-,12+/m0/s1. The van der Waals surface area contributed by atoms with E-state index in [1.807, 2.05) is 12.1 Å². The fourth-order valence-corrected chi connectivity index (χ4v) is 3.01. The average Bonchev–Trinajstić information content (AvgIpc) is 2.91. The fourth-order valence-electron chi connectivity index (χ4n) is 3.01. The van der Waals surface area contributed by atoms with Crippen molar-refractivity contribution in [3.63, 3.8) is 0 Å². The first-order valence-corrected chi connectivity index (χ1v) is 5.75. The fraction of sp³-hybridized carbons (Fsp3) is 0.500. The second-order valence-electron chi connectivity index (χ2n) is 4.76. The van der Waals surface area contributed by atoms with Crippen molar-refractivity contribution in [2.45, 2.75) is 25.3 Å². The Balaban J connectivity index is 1.82. The van der Waals surface area contributed by atoms with Gasteiger partial charge in [0.1, 0.15) is 0 Å². The Bertz CT molecular complexity index is 416. The zero-order chi connectivity index (χ0) is 11.1. The van der Waals surface area contributed by atoms with Crippen LogP contribution >= 0.6 is 0 Å². The van der Waals surface area contributed by atoms with Crippen LogP contribution < -0.4 is 4.90 Å². The maximum atomic E-state index is 10.6. The zero-order valence-corrected chi connectivity index (χ0v) is 9.00. The summed E-state index contributed by atoms with van der Waals surface area (Å²) in [7, 11) is 0. The number of anilines is 1. The molecular formula is C12H14N2O2. The number of nitro groups is 1. The molecule has 1 aliphatic carbocycles. The maximum Gasteiger partial charge on any atom is 0.269 e. The minimum atomic E-state index is -0.347. The van der Waals surface area contributed by atoms with E-state index < -0.39 is 0 Å². The van der Waals surface area contributed by atoms with Gasteiger partial charge in [0.05, 0.1) is 4.92 Å².